The van der Waals surface area contributed by atoms with Gasteiger partial charge in [0.05, 0.1) is 10.4 Å². The largest absolute Gasteiger partial charge is 0.378 e. The van der Waals surface area contributed by atoms with Gasteiger partial charge in [0.2, 0.25) is 0 Å². The molecular weight excluding hydrogens is 228 g/mol. The topological polar surface area (TPSA) is 24.9 Å². The summed E-state index contributed by atoms with van der Waals surface area (Å²) in [4.78, 5) is 5.20. The van der Waals surface area contributed by atoms with E-state index in [-0.39, 0.29) is 6.04 Å². The summed E-state index contributed by atoms with van der Waals surface area (Å²) in [6.45, 7) is 2.11. The number of rotatable bonds is 3. The van der Waals surface area contributed by atoms with Gasteiger partial charge in [-0.3, -0.25) is 4.98 Å². The van der Waals surface area contributed by atoms with Crippen LogP contribution in [0.15, 0.2) is 36.7 Å². The second-order valence-electron chi connectivity index (χ2n) is 3.24. The van der Waals surface area contributed by atoms with E-state index in [0.717, 1.165) is 10.0 Å². The lowest BCUT2D eigenvalue weighted by Gasteiger charge is -2.12. The quantitative estimate of drug-likeness (QED) is 0.875. The first kappa shape index (κ1) is 10.5. The lowest BCUT2D eigenvalue weighted by atomic mass is 10.2. The Morgan fingerprint density at radius 3 is 2.60 bits per heavy atom. The number of thiophene rings is 1. The van der Waals surface area contributed by atoms with Gasteiger partial charge in [0.25, 0.3) is 0 Å². The van der Waals surface area contributed by atoms with Crippen LogP contribution in [0.1, 0.15) is 17.8 Å². The Balaban J connectivity index is 2.07. The molecule has 0 amide bonds. The van der Waals surface area contributed by atoms with Gasteiger partial charge in [-0.05, 0) is 31.2 Å². The molecule has 2 heterocycles. The third-order valence-corrected chi connectivity index (χ3v) is 3.50. The second-order valence-corrected chi connectivity index (χ2v) is 4.99. The van der Waals surface area contributed by atoms with Crippen LogP contribution in [0.4, 0.5) is 5.69 Å². The minimum absolute atomic E-state index is 0.268. The molecule has 78 valence electrons. The van der Waals surface area contributed by atoms with Gasteiger partial charge < -0.3 is 5.32 Å². The van der Waals surface area contributed by atoms with E-state index in [2.05, 4.69) is 17.2 Å². The van der Waals surface area contributed by atoms with Crippen LogP contribution < -0.4 is 5.32 Å². The average Bonchev–Trinajstić information content (AvgIpc) is 2.66. The fourth-order valence-electron chi connectivity index (χ4n) is 1.33. The van der Waals surface area contributed by atoms with E-state index in [1.54, 1.807) is 23.7 Å². The Hall–Kier alpha value is -1.06. The van der Waals surface area contributed by atoms with Crippen molar-refractivity contribution in [2.45, 2.75) is 13.0 Å². The Morgan fingerprint density at radius 2 is 2.00 bits per heavy atom. The Kier molecular flexibility index (Phi) is 3.23. The van der Waals surface area contributed by atoms with Crippen LogP contribution in [0, 0.1) is 0 Å². The number of nitrogens with zero attached hydrogens (tertiary/aromatic N) is 1. The molecule has 1 atom stereocenters. The SMILES string of the molecule is CC(Nc1ccncc1)c1ccc(Cl)s1. The molecule has 2 rings (SSSR count). The monoisotopic (exact) mass is 238 g/mol. The molecule has 0 aromatic carbocycles. The number of anilines is 1. The first-order chi connectivity index (χ1) is 7.25. The maximum atomic E-state index is 5.89. The average molecular weight is 239 g/mol. The molecule has 0 radical (unpaired) electrons. The molecule has 0 aliphatic rings. The number of nitrogens with one attached hydrogen (secondary N) is 1. The Morgan fingerprint density at radius 1 is 1.27 bits per heavy atom. The first-order valence-electron chi connectivity index (χ1n) is 4.67. The second kappa shape index (κ2) is 4.64. The van der Waals surface area contributed by atoms with Gasteiger partial charge in [-0.2, -0.15) is 0 Å². The van der Waals surface area contributed by atoms with E-state index >= 15 is 0 Å². The number of hydrogen-bond donors (Lipinski definition) is 1. The van der Waals surface area contributed by atoms with Gasteiger partial charge >= 0.3 is 0 Å². The van der Waals surface area contributed by atoms with Crippen LogP contribution in [-0.2, 0) is 0 Å². The number of hydrogen-bond acceptors (Lipinski definition) is 3. The van der Waals surface area contributed by atoms with Crippen LogP contribution in [0.25, 0.3) is 0 Å². The van der Waals surface area contributed by atoms with E-state index in [0.29, 0.717) is 0 Å². The summed E-state index contributed by atoms with van der Waals surface area (Å²) in [6, 6.07) is 8.14. The number of halogens is 1. The van der Waals surface area contributed by atoms with E-state index in [4.69, 9.17) is 11.6 Å². The smallest absolute Gasteiger partial charge is 0.0932 e. The molecule has 0 saturated carbocycles. The summed E-state index contributed by atoms with van der Waals surface area (Å²) >= 11 is 7.49. The van der Waals surface area contributed by atoms with Gasteiger partial charge in [0.15, 0.2) is 0 Å². The van der Waals surface area contributed by atoms with E-state index < -0.39 is 0 Å². The van der Waals surface area contributed by atoms with Crippen molar-refractivity contribution in [3.63, 3.8) is 0 Å². The van der Waals surface area contributed by atoms with E-state index in [1.807, 2.05) is 24.3 Å². The van der Waals surface area contributed by atoms with Gasteiger partial charge in [-0.1, -0.05) is 11.6 Å². The fourth-order valence-corrected chi connectivity index (χ4v) is 2.39. The number of pyridine rings is 1. The van der Waals surface area contributed by atoms with Gasteiger partial charge in [0, 0.05) is 23.0 Å². The summed E-state index contributed by atoms with van der Waals surface area (Å²) in [7, 11) is 0. The summed E-state index contributed by atoms with van der Waals surface area (Å²) < 4.78 is 0.827. The van der Waals surface area contributed by atoms with Crippen LogP contribution in [0.2, 0.25) is 4.34 Å². The van der Waals surface area contributed by atoms with Gasteiger partial charge in [-0.15, -0.1) is 11.3 Å². The molecule has 0 aliphatic carbocycles. The Labute approximate surface area is 97.9 Å². The summed E-state index contributed by atoms with van der Waals surface area (Å²) in [5.41, 5.74) is 1.07. The van der Waals surface area contributed by atoms with Crippen molar-refractivity contribution in [1.82, 2.24) is 4.98 Å². The minimum atomic E-state index is 0.268. The van der Waals surface area contributed by atoms with Crippen LogP contribution in [-0.4, -0.2) is 4.98 Å². The predicted octanol–water partition coefficient (Wildman–Crippen LogP) is 3.97. The fraction of sp³-hybridized carbons (Fsp3) is 0.182. The van der Waals surface area contributed by atoms with Crippen LogP contribution in [0.5, 0.6) is 0 Å². The van der Waals surface area contributed by atoms with Gasteiger partial charge in [-0.25, -0.2) is 0 Å². The molecule has 2 aromatic heterocycles. The van der Waals surface area contributed by atoms with E-state index in [1.165, 1.54) is 4.88 Å². The van der Waals surface area contributed by atoms with Crippen molar-refractivity contribution in [2.75, 3.05) is 5.32 Å². The molecule has 2 aromatic rings. The summed E-state index contributed by atoms with van der Waals surface area (Å²) in [5.74, 6) is 0. The molecule has 15 heavy (non-hydrogen) atoms. The predicted molar refractivity (Wildman–Crippen MR) is 65.6 cm³/mol. The van der Waals surface area contributed by atoms with Crippen LogP contribution in [0.3, 0.4) is 0 Å². The number of aromatic nitrogens is 1. The molecule has 0 spiro atoms. The van der Waals surface area contributed by atoms with Crippen LogP contribution >= 0.6 is 22.9 Å². The van der Waals surface area contributed by atoms with Crippen molar-refractivity contribution in [3.05, 3.63) is 45.9 Å². The lowest BCUT2D eigenvalue weighted by molar-refractivity contribution is 0.907. The molecule has 0 saturated heterocycles. The zero-order chi connectivity index (χ0) is 10.7. The third-order valence-electron chi connectivity index (χ3n) is 2.08. The molecule has 2 nitrogen and oxygen atoms in total. The molecular formula is C11H11ClN2S. The highest BCUT2D eigenvalue weighted by Gasteiger charge is 2.07. The normalized spacial score (nSPS) is 12.4. The highest BCUT2D eigenvalue weighted by atomic mass is 35.5. The summed E-state index contributed by atoms with van der Waals surface area (Å²) in [6.07, 6.45) is 3.55. The maximum absolute atomic E-state index is 5.89. The van der Waals surface area contributed by atoms with Crippen molar-refractivity contribution < 1.29 is 0 Å². The molecule has 0 aliphatic heterocycles. The standard InChI is InChI=1S/C11H11ClN2S/c1-8(10-2-3-11(12)15-10)14-9-4-6-13-7-5-9/h2-8H,1H3,(H,13,14). The third kappa shape index (κ3) is 2.70. The van der Waals surface area contributed by atoms with Crippen molar-refractivity contribution >= 4 is 28.6 Å². The highest BCUT2D eigenvalue weighted by Crippen LogP contribution is 2.28. The Bertz CT molecular complexity index is 427. The highest BCUT2D eigenvalue weighted by molar-refractivity contribution is 7.16. The zero-order valence-corrected chi connectivity index (χ0v) is 9.85. The lowest BCUT2D eigenvalue weighted by Crippen LogP contribution is -2.04. The first-order valence-corrected chi connectivity index (χ1v) is 5.87. The molecule has 1 unspecified atom stereocenters. The maximum Gasteiger partial charge on any atom is 0.0932 e. The summed E-state index contributed by atoms with van der Waals surface area (Å²) in [5, 5.41) is 3.38. The minimum Gasteiger partial charge on any atom is -0.378 e. The van der Waals surface area contributed by atoms with Gasteiger partial charge in [0.1, 0.15) is 0 Å². The zero-order valence-electron chi connectivity index (χ0n) is 8.27. The van der Waals surface area contributed by atoms with Crippen molar-refractivity contribution in [3.8, 4) is 0 Å². The molecule has 0 bridgehead atoms. The van der Waals surface area contributed by atoms with Crippen molar-refractivity contribution in [1.29, 1.82) is 0 Å². The molecule has 4 heteroatoms. The van der Waals surface area contributed by atoms with E-state index in [9.17, 15) is 0 Å². The molecule has 1 N–H and O–H groups in total. The molecule has 0 fully saturated rings. The van der Waals surface area contributed by atoms with Crippen molar-refractivity contribution in [2.24, 2.45) is 0 Å².